The third kappa shape index (κ3) is 2.24. The minimum atomic E-state index is -0.447. The first-order valence-corrected chi connectivity index (χ1v) is 8.63. The van der Waals surface area contributed by atoms with Gasteiger partial charge in [0.15, 0.2) is 0 Å². The van der Waals surface area contributed by atoms with Crippen molar-refractivity contribution in [3.8, 4) is 0 Å². The molecule has 1 aliphatic rings. The molecule has 1 atom stereocenters. The van der Waals surface area contributed by atoms with Gasteiger partial charge in [-0.25, -0.2) is 4.79 Å². The first kappa shape index (κ1) is 16.2. The molecular weight excluding hydrogens is 360 g/mol. The number of anilines is 2. The second kappa shape index (κ2) is 5.78. The maximum absolute atomic E-state index is 12.9. The van der Waals surface area contributed by atoms with Crippen LogP contribution in [0.4, 0.5) is 17.2 Å². The van der Waals surface area contributed by atoms with E-state index in [4.69, 9.17) is 4.42 Å². The molecule has 2 aromatic heterocycles. The minimum absolute atomic E-state index is 0.00476. The molecule has 3 heterocycles. The highest BCUT2D eigenvalue weighted by molar-refractivity contribution is 5.95. The van der Waals surface area contributed by atoms with Crippen molar-refractivity contribution in [1.29, 1.82) is 0 Å². The van der Waals surface area contributed by atoms with E-state index in [1.807, 2.05) is 25.2 Å². The number of aryl methyl sites for hydroxylation is 1. The van der Waals surface area contributed by atoms with E-state index in [2.05, 4.69) is 10.4 Å². The van der Waals surface area contributed by atoms with Gasteiger partial charge in [0, 0.05) is 36.0 Å². The molecule has 0 radical (unpaired) electrons. The maximum Gasteiger partial charge on any atom is 0.342 e. The summed E-state index contributed by atoms with van der Waals surface area (Å²) in [6.45, 7) is 0. The van der Waals surface area contributed by atoms with Crippen molar-refractivity contribution in [2.45, 2.75) is 5.92 Å². The first-order valence-electron chi connectivity index (χ1n) is 8.63. The Morgan fingerprint density at radius 1 is 1.18 bits per heavy atom. The van der Waals surface area contributed by atoms with Crippen LogP contribution in [0.3, 0.4) is 0 Å². The number of non-ortho nitro benzene ring substituents is 1. The number of hydrogen-bond acceptors (Lipinski definition) is 6. The zero-order chi connectivity index (χ0) is 19.4. The highest BCUT2D eigenvalue weighted by Gasteiger charge is 2.34. The molecule has 138 valence electrons. The molecule has 4 aromatic rings. The van der Waals surface area contributed by atoms with Gasteiger partial charge in [0.25, 0.3) is 5.69 Å². The Kier molecular flexibility index (Phi) is 3.35. The summed E-state index contributed by atoms with van der Waals surface area (Å²) in [7, 11) is 1.82. The van der Waals surface area contributed by atoms with Crippen LogP contribution in [0.1, 0.15) is 22.6 Å². The molecule has 1 N–H and O–H groups in total. The van der Waals surface area contributed by atoms with Crippen molar-refractivity contribution in [3.63, 3.8) is 0 Å². The van der Waals surface area contributed by atoms with Gasteiger partial charge in [-0.05, 0) is 17.7 Å². The first-order chi connectivity index (χ1) is 13.5. The van der Waals surface area contributed by atoms with Crippen molar-refractivity contribution in [2.24, 2.45) is 7.05 Å². The van der Waals surface area contributed by atoms with Gasteiger partial charge >= 0.3 is 5.63 Å². The molecule has 0 amide bonds. The van der Waals surface area contributed by atoms with E-state index in [9.17, 15) is 14.9 Å². The van der Waals surface area contributed by atoms with Crippen LogP contribution in [-0.2, 0) is 7.05 Å². The van der Waals surface area contributed by atoms with Crippen LogP contribution >= 0.6 is 0 Å². The van der Waals surface area contributed by atoms with E-state index >= 15 is 0 Å². The van der Waals surface area contributed by atoms with Crippen LogP contribution in [0.15, 0.2) is 63.9 Å². The van der Waals surface area contributed by atoms with E-state index in [1.165, 1.54) is 12.1 Å². The summed E-state index contributed by atoms with van der Waals surface area (Å²) in [4.78, 5) is 23.5. The van der Waals surface area contributed by atoms with E-state index in [1.54, 1.807) is 29.1 Å². The summed E-state index contributed by atoms with van der Waals surface area (Å²) in [5, 5.41) is 19.5. The Balaban J connectivity index is 1.81. The Hall–Kier alpha value is -3.94. The third-order valence-corrected chi connectivity index (χ3v) is 5.10. The van der Waals surface area contributed by atoms with Gasteiger partial charge in [0.1, 0.15) is 11.4 Å². The van der Waals surface area contributed by atoms with Crippen LogP contribution in [0.5, 0.6) is 0 Å². The van der Waals surface area contributed by atoms with Crippen molar-refractivity contribution < 1.29 is 9.34 Å². The van der Waals surface area contributed by atoms with Crippen LogP contribution in [0.25, 0.3) is 11.0 Å². The highest BCUT2D eigenvalue weighted by Crippen LogP contribution is 2.45. The monoisotopic (exact) mass is 374 g/mol. The van der Waals surface area contributed by atoms with Crippen LogP contribution in [0, 0.1) is 10.1 Å². The van der Waals surface area contributed by atoms with Crippen molar-refractivity contribution in [1.82, 2.24) is 9.78 Å². The van der Waals surface area contributed by atoms with E-state index in [-0.39, 0.29) is 5.69 Å². The molecule has 28 heavy (non-hydrogen) atoms. The lowest BCUT2D eigenvalue weighted by Gasteiger charge is -2.27. The molecule has 5 rings (SSSR count). The normalized spacial score (nSPS) is 15.0. The number of nitrogens with one attached hydrogen (secondary N) is 1. The largest absolute Gasteiger partial charge is 0.422 e. The number of nitro benzene ring substituents is 1. The second-order valence-corrected chi connectivity index (χ2v) is 6.65. The SMILES string of the molecule is Cn1ncc2c1Nc1c(c(=O)oc3ccccc13)C2c1ccc([N+](=O)[O-])cc1. The average Bonchev–Trinajstić information content (AvgIpc) is 3.07. The zero-order valence-electron chi connectivity index (χ0n) is 14.7. The van der Waals surface area contributed by atoms with Gasteiger partial charge in [-0.1, -0.05) is 24.3 Å². The van der Waals surface area contributed by atoms with Gasteiger partial charge < -0.3 is 9.73 Å². The number of fused-ring (bicyclic) bond motifs is 4. The maximum atomic E-state index is 12.9. The molecule has 0 saturated heterocycles. The van der Waals surface area contributed by atoms with Crippen LogP contribution in [-0.4, -0.2) is 14.7 Å². The number of nitro groups is 1. The van der Waals surface area contributed by atoms with E-state index < -0.39 is 16.5 Å². The number of para-hydroxylation sites is 1. The second-order valence-electron chi connectivity index (χ2n) is 6.65. The van der Waals surface area contributed by atoms with Gasteiger partial charge in [-0.3, -0.25) is 14.8 Å². The minimum Gasteiger partial charge on any atom is -0.422 e. The summed E-state index contributed by atoms with van der Waals surface area (Å²) in [6.07, 6.45) is 1.70. The predicted octanol–water partition coefficient (Wildman–Crippen LogP) is 3.67. The van der Waals surface area contributed by atoms with Crippen molar-refractivity contribution >= 4 is 28.2 Å². The number of benzene rings is 2. The summed E-state index contributed by atoms with van der Waals surface area (Å²) in [6, 6.07) is 13.5. The fourth-order valence-electron chi connectivity index (χ4n) is 3.79. The number of hydrogen-bond donors (Lipinski definition) is 1. The Labute approximate surface area is 158 Å². The fraction of sp³-hybridized carbons (Fsp3) is 0.100. The Morgan fingerprint density at radius 2 is 1.93 bits per heavy atom. The number of rotatable bonds is 2. The smallest absolute Gasteiger partial charge is 0.342 e. The molecule has 0 saturated carbocycles. The van der Waals surface area contributed by atoms with Gasteiger partial charge in [-0.2, -0.15) is 5.10 Å². The number of aromatic nitrogens is 2. The fourth-order valence-corrected chi connectivity index (χ4v) is 3.79. The molecule has 1 unspecified atom stereocenters. The molecule has 8 heteroatoms. The lowest BCUT2D eigenvalue weighted by atomic mass is 9.83. The molecule has 2 aromatic carbocycles. The predicted molar refractivity (Wildman–Crippen MR) is 103 cm³/mol. The van der Waals surface area contributed by atoms with Gasteiger partial charge in [-0.15, -0.1) is 0 Å². The lowest BCUT2D eigenvalue weighted by Crippen LogP contribution is -2.22. The lowest BCUT2D eigenvalue weighted by molar-refractivity contribution is -0.384. The van der Waals surface area contributed by atoms with Crippen molar-refractivity contribution in [3.05, 3.63) is 92.0 Å². The topological polar surface area (TPSA) is 103 Å². The summed E-state index contributed by atoms with van der Waals surface area (Å²) in [5.74, 6) is 0.327. The Bertz CT molecular complexity index is 1300. The van der Waals surface area contributed by atoms with Gasteiger partial charge in [0.05, 0.1) is 22.4 Å². The van der Waals surface area contributed by atoms with Crippen molar-refractivity contribution in [2.75, 3.05) is 5.32 Å². The molecule has 0 spiro atoms. The zero-order valence-corrected chi connectivity index (χ0v) is 14.7. The average molecular weight is 374 g/mol. The number of nitrogens with zero attached hydrogens (tertiary/aromatic N) is 3. The standard InChI is InChI=1S/C20H14N4O4/c1-23-19-14(10-21-23)16(11-6-8-12(9-7-11)24(26)27)17-18(22-19)13-4-2-3-5-15(13)28-20(17)25/h2-10,16,22H,1H3. The van der Waals surface area contributed by atoms with E-state index in [0.29, 0.717) is 16.8 Å². The molecule has 0 fully saturated rings. The third-order valence-electron chi connectivity index (χ3n) is 5.10. The van der Waals surface area contributed by atoms with E-state index in [0.717, 1.165) is 22.3 Å². The molecular formula is C20H14N4O4. The summed E-state index contributed by atoms with van der Waals surface area (Å²) < 4.78 is 7.27. The molecule has 0 bridgehead atoms. The van der Waals surface area contributed by atoms with Crippen LogP contribution in [0.2, 0.25) is 0 Å². The summed E-state index contributed by atoms with van der Waals surface area (Å²) >= 11 is 0. The molecule has 0 aliphatic carbocycles. The Morgan fingerprint density at radius 3 is 2.68 bits per heavy atom. The molecule has 8 nitrogen and oxygen atoms in total. The summed E-state index contributed by atoms with van der Waals surface area (Å²) in [5.41, 5.74) is 2.75. The van der Waals surface area contributed by atoms with Crippen LogP contribution < -0.4 is 10.9 Å². The highest BCUT2D eigenvalue weighted by atomic mass is 16.6. The quantitative estimate of drug-likeness (QED) is 0.287. The van der Waals surface area contributed by atoms with Gasteiger partial charge in [0.2, 0.25) is 0 Å². The molecule has 1 aliphatic heterocycles.